The highest BCUT2D eigenvalue weighted by atomic mass is 35.5. The van der Waals surface area contributed by atoms with Gasteiger partial charge >= 0.3 is 0 Å². The van der Waals surface area contributed by atoms with Gasteiger partial charge < -0.3 is 4.90 Å². The van der Waals surface area contributed by atoms with Gasteiger partial charge in [0.2, 0.25) is 15.9 Å². The summed E-state index contributed by atoms with van der Waals surface area (Å²) in [5, 5.41) is 0.546. The van der Waals surface area contributed by atoms with Crippen LogP contribution in [0, 0.1) is 6.92 Å². The lowest BCUT2D eigenvalue weighted by Gasteiger charge is -2.25. The van der Waals surface area contributed by atoms with Crippen LogP contribution in [0.3, 0.4) is 0 Å². The molecular formula is C19H21ClN2O3S. The molecule has 26 heavy (non-hydrogen) atoms. The van der Waals surface area contributed by atoms with Crippen LogP contribution >= 0.6 is 11.6 Å². The number of hydrogen-bond acceptors (Lipinski definition) is 3. The SMILES string of the molecule is Cc1cc(Cl)ccc1N(CCC(=O)N1CCc2ccccc21)S(C)(=O)=O. The van der Waals surface area contributed by atoms with E-state index in [0.29, 0.717) is 17.3 Å². The number of halogens is 1. The highest BCUT2D eigenvalue weighted by molar-refractivity contribution is 7.92. The predicted octanol–water partition coefficient (Wildman–Crippen LogP) is 3.39. The van der Waals surface area contributed by atoms with E-state index in [9.17, 15) is 13.2 Å². The molecule has 1 aliphatic rings. The molecule has 1 heterocycles. The normalized spacial score (nSPS) is 13.6. The van der Waals surface area contributed by atoms with Gasteiger partial charge in [-0.05, 0) is 48.7 Å². The van der Waals surface area contributed by atoms with Gasteiger partial charge in [-0.2, -0.15) is 0 Å². The van der Waals surface area contributed by atoms with E-state index in [1.807, 2.05) is 24.3 Å². The van der Waals surface area contributed by atoms with Crippen LogP contribution in [-0.4, -0.2) is 33.7 Å². The molecule has 3 rings (SSSR count). The number of benzene rings is 2. The highest BCUT2D eigenvalue weighted by Gasteiger charge is 2.26. The Morgan fingerprint density at radius 1 is 1.23 bits per heavy atom. The van der Waals surface area contributed by atoms with Crippen LogP contribution in [0.15, 0.2) is 42.5 Å². The number of amides is 1. The third-order valence-electron chi connectivity index (χ3n) is 4.54. The number of rotatable bonds is 5. The minimum atomic E-state index is -3.51. The Bertz CT molecular complexity index is 944. The summed E-state index contributed by atoms with van der Waals surface area (Å²) >= 11 is 5.97. The van der Waals surface area contributed by atoms with Gasteiger partial charge in [-0.15, -0.1) is 0 Å². The van der Waals surface area contributed by atoms with Crippen molar-refractivity contribution < 1.29 is 13.2 Å². The Labute approximate surface area is 159 Å². The molecule has 1 aliphatic heterocycles. The Morgan fingerprint density at radius 2 is 1.96 bits per heavy atom. The van der Waals surface area contributed by atoms with Gasteiger partial charge in [0, 0.05) is 30.2 Å². The Hall–Kier alpha value is -2.05. The largest absolute Gasteiger partial charge is 0.312 e. The zero-order valence-electron chi connectivity index (χ0n) is 14.8. The third kappa shape index (κ3) is 3.86. The first-order chi connectivity index (χ1) is 12.3. The predicted molar refractivity (Wildman–Crippen MR) is 105 cm³/mol. The van der Waals surface area contributed by atoms with E-state index in [4.69, 9.17) is 11.6 Å². The summed E-state index contributed by atoms with van der Waals surface area (Å²) in [5.41, 5.74) is 3.37. The molecule has 5 nitrogen and oxygen atoms in total. The molecule has 0 saturated heterocycles. The first-order valence-corrected chi connectivity index (χ1v) is 10.6. The lowest BCUT2D eigenvalue weighted by Crippen LogP contribution is -2.36. The maximum atomic E-state index is 12.7. The fourth-order valence-electron chi connectivity index (χ4n) is 3.29. The topological polar surface area (TPSA) is 57.7 Å². The molecule has 0 fully saturated rings. The van der Waals surface area contributed by atoms with Crippen molar-refractivity contribution in [3.8, 4) is 0 Å². The summed E-state index contributed by atoms with van der Waals surface area (Å²) in [6.07, 6.45) is 2.09. The summed E-state index contributed by atoms with van der Waals surface area (Å²) in [6, 6.07) is 12.9. The van der Waals surface area contributed by atoms with Gasteiger partial charge in [0.15, 0.2) is 0 Å². The molecule has 0 radical (unpaired) electrons. The van der Waals surface area contributed by atoms with E-state index in [-0.39, 0.29) is 18.9 Å². The summed E-state index contributed by atoms with van der Waals surface area (Å²) in [4.78, 5) is 14.4. The summed E-state index contributed by atoms with van der Waals surface area (Å²) in [5.74, 6) is -0.0739. The van der Waals surface area contributed by atoms with Crippen LogP contribution in [0.5, 0.6) is 0 Å². The molecule has 7 heteroatoms. The van der Waals surface area contributed by atoms with E-state index in [1.54, 1.807) is 30.0 Å². The van der Waals surface area contributed by atoms with Crippen molar-refractivity contribution >= 4 is 38.9 Å². The fraction of sp³-hybridized carbons (Fsp3) is 0.316. The van der Waals surface area contributed by atoms with Crippen LogP contribution < -0.4 is 9.21 Å². The van der Waals surface area contributed by atoms with E-state index in [0.717, 1.165) is 29.5 Å². The number of para-hydroxylation sites is 1. The lowest BCUT2D eigenvalue weighted by molar-refractivity contribution is -0.118. The maximum absolute atomic E-state index is 12.7. The van der Waals surface area contributed by atoms with Gasteiger partial charge in [0.05, 0.1) is 11.9 Å². The average Bonchev–Trinajstić information content (AvgIpc) is 2.99. The van der Waals surface area contributed by atoms with Crippen LogP contribution in [0.1, 0.15) is 17.5 Å². The quantitative estimate of drug-likeness (QED) is 0.783. The van der Waals surface area contributed by atoms with E-state index in [1.165, 1.54) is 4.31 Å². The molecule has 0 saturated carbocycles. The Morgan fingerprint density at radius 3 is 2.65 bits per heavy atom. The van der Waals surface area contributed by atoms with Crippen molar-refractivity contribution in [1.82, 2.24) is 0 Å². The van der Waals surface area contributed by atoms with Gasteiger partial charge in [-0.25, -0.2) is 8.42 Å². The van der Waals surface area contributed by atoms with Crippen molar-refractivity contribution in [2.24, 2.45) is 0 Å². The molecule has 0 N–H and O–H groups in total. The molecule has 1 amide bonds. The molecule has 2 aromatic carbocycles. The Kier molecular flexibility index (Phi) is 5.25. The number of hydrogen-bond donors (Lipinski definition) is 0. The molecule has 138 valence electrons. The fourth-order valence-corrected chi connectivity index (χ4v) is 4.50. The third-order valence-corrected chi connectivity index (χ3v) is 5.96. The van der Waals surface area contributed by atoms with Crippen molar-refractivity contribution in [2.45, 2.75) is 19.8 Å². The van der Waals surface area contributed by atoms with Gasteiger partial charge in [0.1, 0.15) is 0 Å². The maximum Gasteiger partial charge on any atom is 0.232 e. The summed E-state index contributed by atoms with van der Waals surface area (Å²) < 4.78 is 25.8. The number of anilines is 2. The van der Waals surface area contributed by atoms with Crippen molar-refractivity contribution in [1.29, 1.82) is 0 Å². The first-order valence-electron chi connectivity index (χ1n) is 8.39. The Balaban J connectivity index is 1.78. The molecule has 0 spiro atoms. The second-order valence-corrected chi connectivity index (χ2v) is 8.78. The molecule has 0 bridgehead atoms. The van der Waals surface area contributed by atoms with E-state index < -0.39 is 10.0 Å². The number of nitrogens with zero attached hydrogens (tertiary/aromatic N) is 2. The van der Waals surface area contributed by atoms with Crippen LogP contribution in [0.4, 0.5) is 11.4 Å². The molecule has 0 aliphatic carbocycles. The second kappa shape index (κ2) is 7.29. The zero-order chi connectivity index (χ0) is 18.9. The van der Waals surface area contributed by atoms with Gasteiger partial charge in [-0.1, -0.05) is 29.8 Å². The molecular weight excluding hydrogens is 372 g/mol. The highest BCUT2D eigenvalue weighted by Crippen LogP contribution is 2.29. The second-order valence-electron chi connectivity index (χ2n) is 6.44. The van der Waals surface area contributed by atoms with Crippen molar-refractivity contribution in [3.05, 3.63) is 58.6 Å². The monoisotopic (exact) mass is 392 g/mol. The summed E-state index contributed by atoms with van der Waals surface area (Å²) in [7, 11) is -3.51. The van der Waals surface area contributed by atoms with Gasteiger partial charge in [-0.3, -0.25) is 9.10 Å². The molecule has 0 unspecified atom stereocenters. The lowest BCUT2D eigenvalue weighted by atomic mass is 10.2. The number of carbonyl (C=O) groups is 1. The minimum absolute atomic E-state index is 0.0739. The molecule has 0 atom stereocenters. The minimum Gasteiger partial charge on any atom is -0.312 e. The zero-order valence-corrected chi connectivity index (χ0v) is 16.3. The first kappa shape index (κ1) is 18.7. The van der Waals surface area contributed by atoms with Crippen LogP contribution in [-0.2, 0) is 21.2 Å². The van der Waals surface area contributed by atoms with Gasteiger partial charge in [0.25, 0.3) is 0 Å². The number of aryl methyl sites for hydroxylation is 1. The molecule has 0 aromatic heterocycles. The smallest absolute Gasteiger partial charge is 0.232 e. The molecule has 2 aromatic rings. The van der Waals surface area contributed by atoms with Crippen LogP contribution in [0.25, 0.3) is 0 Å². The van der Waals surface area contributed by atoms with E-state index >= 15 is 0 Å². The van der Waals surface area contributed by atoms with E-state index in [2.05, 4.69) is 0 Å². The number of carbonyl (C=O) groups excluding carboxylic acids is 1. The average molecular weight is 393 g/mol. The summed E-state index contributed by atoms with van der Waals surface area (Å²) in [6.45, 7) is 2.54. The number of fused-ring (bicyclic) bond motifs is 1. The van der Waals surface area contributed by atoms with Crippen molar-refractivity contribution in [3.63, 3.8) is 0 Å². The van der Waals surface area contributed by atoms with Crippen molar-refractivity contribution in [2.75, 3.05) is 28.6 Å². The standard InChI is InChI=1S/C19H21ClN2O3S/c1-14-13-16(20)7-8-17(14)22(26(2,24)25)12-10-19(23)21-11-9-15-5-3-4-6-18(15)21/h3-8,13H,9-12H2,1-2H3. The van der Waals surface area contributed by atoms with Crippen LogP contribution in [0.2, 0.25) is 5.02 Å². The number of sulfonamides is 1.